The molecule has 0 saturated heterocycles. The summed E-state index contributed by atoms with van der Waals surface area (Å²) in [5.74, 6) is 0. The number of sulfonamides is 1. The molecule has 0 aliphatic carbocycles. The van der Waals surface area contributed by atoms with E-state index in [0.717, 1.165) is 11.3 Å². The van der Waals surface area contributed by atoms with E-state index < -0.39 is 10.0 Å². The van der Waals surface area contributed by atoms with Crippen LogP contribution in [0, 0.1) is 6.92 Å². The van der Waals surface area contributed by atoms with Gasteiger partial charge in [-0.2, -0.15) is 0 Å². The maximum absolute atomic E-state index is 11.3. The Bertz CT molecular complexity index is 740. The first-order valence-electron chi connectivity index (χ1n) is 6.53. The number of nitrogens with two attached hydrogens (primary N) is 2. The molecule has 2 rings (SSSR count). The summed E-state index contributed by atoms with van der Waals surface area (Å²) >= 11 is 0. The van der Waals surface area contributed by atoms with E-state index in [1.54, 1.807) is 12.1 Å². The fourth-order valence-electron chi connectivity index (χ4n) is 2.09. The molecule has 0 bridgehead atoms. The lowest BCUT2D eigenvalue weighted by molar-refractivity contribution is 0.598. The molecule has 0 spiro atoms. The number of anilines is 2. The summed E-state index contributed by atoms with van der Waals surface area (Å²) in [6.07, 6.45) is 0. The first-order chi connectivity index (χ1) is 9.77. The Morgan fingerprint density at radius 1 is 1.10 bits per heavy atom. The zero-order chi connectivity index (χ0) is 15.6. The van der Waals surface area contributed by atoms with Crippen LogP contribution in [0.3, 0.4) is 0 Å². The molecule has 0 saturated carbocycles. The van der Waals surface area contributed by atoms with Gasteiger partial charge >= 0.3 is 0 Å². The number of hydrogen-bond acceptors (Lipinski definition) is 4. The smallest absolute Gasteiger partial charge is 0.240 e. The molecule has 0 aromatic heterocycles. The number of benzene rings is 2. The monoisotopic (exact) mass is 305 g/mol. The van der Waals surface area contributed by atoms with Crippen molar-refractivity contribution in [2.24, 2.45) is 5.14 Å². The third-order valence-electron chi connectivity index (χ3n) is 3.28. The predicted octanol–water partition coefficient (Wildman–Crippen LogP) is 2.40. The van der Waals surface area contributed by atoms with Gasteiger partial charge in [-0.1, -0.05) is 29.8 Å². The summed E-state index contributed by atoms with van der Waals surface area (Å²) in [7, 11) is -3.79. The zero-order valence-electron chi connectivity index (χ0n) is 12.0. The minimum Gasteiger partial charge on any atom is -0.398 e. The van der Waals surface area contributed by atoms with Crippen LogP contribution in [0.2, 0.25) is 0 Å². The lowest BCUT2D eigenvalue weighted by Crippen LogP contribution is -2.14. The van der Waals surface area contributed by atoms with E-state index in [2.05, 4.69) is 17.4 Å². The molecule has 6 heteroatoms. The van der Waals surface area contributed by atoms with E-state index in [1.165, 1.54) is 11.6 Å². The topological polar surface area (TPSA) is 98.2 Å². The molecular weight excluding hydrogens is 286 g/mol. The van der Waals surface area contributed by atoms with E-state index in [1.807, 2.05) is 26.0 Å². The molecule has 0 heterocycles. The molecular formula is C15H19N3O2S. The summed E-state index contributed by atoms with van der Waals surface area (Å²) in [5.41, 5.74) is 8.96. The summed E-state index contributed by atoms with van der Waals surface area (Å²) < 4.78 is 22.6. The third-order valence-corrected chi connectivity index (χ3v) is 4.26. The van der Waals surface area contributed by atoms with Crippen molar-refractivity contribution < 1.29 is 8.42 Å². The summed E-state index contributed by atoms with van der Waals surface area (Å²) in [6, 6.07) is 12.9. The van der Waals surface area contributed by atoms with Gasteiger partial charge < -0.3 is 11.1 Å². The highest BCUT2D eigenvalue weighted by atomic mass is 32.2. The molecule has 112 valence electrons. The Labute approximate surface area is 125 Å². The van der Waals surface area contributed by atoms with Crippen LogP contribution in [-0.2, 0) is 10.0 Å². The number of hydrogen-bond donors (Lipinski definition) is 3. The molecule has 5 nitrogen and oxygen atoms in total. The Kier molecular flexibility index (Phi) is 4.20. The average Bonchev–Trinajstić information content (AvgIpc) is 2.37. The van der Waals surface area contributed by atoms with Crippen molar-refractivity contribution in [3.8, 4) is 0 Å². The zero-order valence-corrected chi connectivity index (χ0v) is 12.8. The fraction of sp³-hybridized carbons (Fsp3) is 0.200. The quantitative estimate of drug-likeness (QED) is 0.755. The van der Waals surface area contributed by atoms with Crippen molar-refractivity contribution in [3.63, 3.8) is 0 Å². The minimum absolute atomic E-state index is 0.0592. The van der Waals surface area contributed by atoms with Crippen LogP contribution in [0.1, 0.15) is 24.1 Å². The highest BCUT2D eigenvalue weighted by molar-refractivity contribution is 7.89. The Morgan fingerprint density at radius 2 is 1.71 bits per heavy atom. The van der Waals surface area contributed by atoms with E-state index in [4.69, 9.17) is 10.9 Å². The van der Waals surface area contributed by atoms with Crippen LogP contribution in [0.4, 0.5) is 11.4 Å². The largest absolute Gasteiger partial charge is 0.398 e. The highest BCUT2D eigenvalue weighted by Crippen LogP contribution is 2.25. The number of nitrogens with one attached hydrogen (secondary N) is 1. The first kappa shape index (κ1) is 15.3. The Morgan fingerprint density at radius 3 is 2.24 bits per heavy atom. The molecule has 1 atom stereocenters. The van der Waals surface area contributed by atoms with Gasteiger partial charge in [0.2, 0.25) is 10.0 Å². The van der Waals surface area contributed by atoms with Crippen molar-refractivity contribution in [2.75, 3.05) is 11.1 Å². The maximum atomic E-state index is 11.3. The van der Waals surface area contributed by atoms with Gasteiger partial charge in [-0.05, 0) is 37.6 Å². The van der Waals surface area contributed by atoms with Gasteiger partial charge in [-0.25, -0.2) is 13.6 Å². The van der Waals surface area contributed by atoms with Crippen LogP contribution in [-0.4, -0.2) is 8.42 Å². The van der Waals surface area contributed by atoms with Crippen molar-refractivity contribution in [3.05, 3.63) is 53.6 Å². The Balaban J connectivity index is 2.20. The van der Waals surface area contributed by atoms with Gasteiger partial charge in [0, 0.05) is 11.7 Å². The maximum Gasteiger partial charge on any atom is 0.240 e. The fourth-order valence-corrected chi connectivity index (χ4v) is 2.73. The second kappa shape index (κ2) is 5.75. The second-order valence-electron chi connectivity index (χ2n) is 5.07. The minimum atomic E-state index is -3.79. The average molecular weight is 305 g/mol. The molecule has 0 fully saturated rings. The van der Waals surface area contributed by atoms with Crippen molar-refractivity contribution in [2.45, 2.75) is 24.8 Å². The van der Waals surface area contributed by atoms with Crippen LogP contribution in [0.25, 0.3) is 0 Å². The van der Waals surface area contributed by atoms with Crippen molar-refractivity contribution >= 4 is 21.4 Å². The van der Waals surface area contributed by atoms with Gasteiger partial charge in [-0.15, -0.1) is 0 Å². The number of aryl methyl sites for hydroxylation is 1. The highest BCUT2D eigenvalue weighted by Gasteiger charge is 2.13. The van der Waals surface area contributed by atoms with E-state index in [0.29, 0.717) is 0 Å². The lowest BCUT2D eigenvalue weighted by atomic mass is 10.1. The summed E-state index contributed by atoms with van der Waals surface area (Å²) in [5, 5.41) is 8.37. The van der Waals surface area contributed by atoms with Crippen molar-refractivity contribution in [1.29, 1.82) is 0 Å². The predicted molar refractivity (Wildman–Crippen MR) is 85.4 cm³/mol. The van der Waals surface area contributed by atoms with Crippen LogP contribution < -0.4 is 16.2 Å². The third kappa shape index (κ3) is 3.74. The van der Waals surface area contributed by atoms with Gasteiger partial charge in [0.1, 0.15) is 4.90 Å². The van der Waals surface area contributed by atoms with Gasteiger partial charge in [-0.3, -0.25) is 0 Å². The SMILES string of the molecule is Cc1ccc(C(C)Nc2ccc(S(N)(=O)=O)c(N)c2)cc1. The molecule has 0 amide bonds. The molecule has 0 aliphatic heterocycles. The molecule has 5 N–H and O–H groups in total. The molecule has 0 radical (unpaired) electrons. The van der Waals surface area contributed by atoms with E-state index >= 15 is 0 Å². The normalized spacial score (nSPS) is 12.9. The lowest BCUT2D eigenvalue weighted by Gasteiger charge is -2.17. The Hall–Kier alpha value is -2.05. The first-order valence-corrected chi connectivity index (χ1v) is 8.07. The van der Waals surface area contributed by atoms with Gasteiger partial charge in [0.25, 0.3) is 0 Å². The standard InChI is InChI=1S/C15H19N3O2S/c1-10-3-5-12(6-4-10)11(2)18-13-7-8-15(14(16)9-13)21(17,19)20/h3-9,11,18H,16H2,1-2H3,(H2,17,19,20). The molecule has 21 heavy (non-hydrogen) atoms. The van der Waals surface area contributed by atoms with E-state index in [9.17, 15) is 8.42 Å². The molecule has 1 unspecified atom stereocenters. The van der Waals surface area contributed by atoms with Gasteiger partial charge in [0.05, 0.1) is 5.69 Å². The van der Waals surface area contributed by atoms with Crippen LogP contribution in [0.5, 0.6) is 0 Å². The van der Waals surface area contributed by atoms with Gasteiger partial charge in [0.15, 0.2) is 0 Å². The van der Waals surface area contributed by atoms with Crippen LogP contribution >= 0.6 is 0 Å². The van der Waals surface area contributed by atoms with Crippen LogP contribution in [0.15, 0.2) is 47.4 Å². The van der Waals surface area contributed by atoms with Crippen molar-refractivity contribution in [1.82, 2.24) is 0 Å². The number of rotatable bonds is 4. The van der Waals surface area contributed by atoms with E-state index in [-0.39, 0.29) is 16.6 Å². The number of nitrogen functional groups attached to an aromatic ring is 1. The second-order valence-corrected chi connectivity index (χ2v) is 6.60. The summed E-state index contributed by atoms with van der Waals surface area (Å²) in [6.45, 7) is 4.06. The molecule has 2 aromatic rings. The molecule has 2 aromatic carbocycles. The number of primary sulfonamides is 1. The molecule has 0 aliphatic rings. The summed E-state index contributed by atoms with van der Waals surface area (Å²) in [4.78, 5) is -0.0592.